The van der Waals surface area contributed by atoms with Crippen molar-refractivity contribution in [3.63, 3.8) is 0 Å². The van der Waals surface area contributed by atoms with Gasteiger partial charge in [-0.3, -0.25) is 0 Å². The van der Waals surface area contributed by atoms with Gasteiger partial charge in [-0.2, -0.15) is 0 Å². The van der Waals surface area contributed by atoms with Crippen LogP contribution in [0.15, 0.2) is 0 Å². The lowest BCUT2D eigenvalue weighted by Crippen LogP contribution is -2.52. The van der Waals surface area contributed by atoms with Crippen LogP contribution in [0.1, 0.15) is 32.1 Å². The van der Waals surface area contributed by atoms with Crippen LogP contribution in [0.2, 0.25) is 0 Å². The van der Waals surface area contributed by atoms with Crippen LogP contribution in [0.4, 0.5) is 4.39 Å². The smallest absolute Gasteiger partial charge is 0.125 e. The molecule has 0 spiro atoms. The molecule has 2 saturated heterocycles. The zero-order valence-corrected chi connectivity index (χ0v) is 8.14. The molecule has 0 bridgehead atoms. The van der Waals surface area contributed by atoms with Crippen LogP contribution < -0.4 is 5.73 Å². The summed E-state index contributed by atoms with van der Waals surface area (Å²) in [5.41, 5.74) is 4.41. The van der Waals surface area contributed by atoms with Crippen molar-refractivity contribution in [2.24, 2.45) is 5.73 Å². The molecule has 3 heteroatoms. The summed E-state index contributed by atoms with van der Waals surface area (Å²) < 4.78 is 13.9. The van der Waals surface area contributed by atoms with Crippen LogP contribution in [0, 0.1) is 0 Å². The van der Waals surface area contributed by atoms with Crippen molar-refractivity contribution in [3.05, 3.63) is 0 Å². The third kappa shape index (κ3) is 1.86. The number of piperidine rings is 2. The Morgan fingerprint density at radius 2 is 2.23 bits per heavy atom. The van der Waals surface area contributed by atoms with Gasteiger partial charge in [-0.05, 0) is 32.2 Å². The van der Waals surface area contributed by atoms with E-state index in [0.29, 0.717) is 18.9 Å². The van der Waals surface area contributed by atoms with Gasteiger partial charge in [0.2, 0.25) is 0 Å². The first-order valence-electron chi connectivity index (χ1n) is 5.37. The predicted octanol–water partition coefficient (Wildman–Crippen LogP) is 1.30. The maximum absolute atomic E-state index is 13.9. The van der Waals surface area contributed by atoms with E-state index in [1.165, 1.54) is 25.8 Å². The van der Waals surface area contributed by atoms with Gasteiger partial charge in [0, 0.05) is 19.1 Å². The molecule has 0 radical (unpaired) electrons. The molecule has 13 heavy (non-hydrogen) atoms. The van der Waals surface area contributed by atoms with Gasteiger partial charge in [0.1, 0.15) is 5.67 Å². The molecule has 2 nitrogen and oxygen atoms in total. The second-order valence-electron chi connectivity index (χ2n) is 4.49. The largest absolute Gasteiger partial charge is 0.328 e. The van der Waals surface area contributed by atoms with Crippen molar-refractivity contribution < 1.29 is 4.39 Å². The molecule has 2 atom stereocenters. The SMILES string of the molecule is NCC1(F)CCN2CCCCC2C1. The van der Waals surface area contributed by atoms with E-state index in [4.69, 9.17) is 5.73 Å². The summed E-state index contributed by atoms with van der Waals surface area (Å²) in [7, 11) is 0. The molecule has 76 valence electrons. The molecule has 0 aromatic rings. The molecule has 0 aliphatic carbocycles. The molecule has 2 unspecified atom stereocenters. The van der Waals surface area contributed by atoms with Crippen LogP contribution in [0.25, 0.3) is 0 Å². The van der Waals surface area contributed by atoms with Gasteiger partial charge in [0.15, 0.2) is 0 Å². The van der Waals surface area contributed by atoms with E-state index in [-0.39, 0.29) is 6.54 Å². The number of hydrogen-bond acceptors (Lipinski definition) is 2. The number of halogens is 1. The van der Waals surface area contributed by atoms with Crippen LogP contribution in [-0.2, 0) is 0 Å². The Bertz CT molecular complexity index is 186. The number of nitrogens with two attached hydrogens (primary N) is 1. The molecular formula is C10H19FN2. The topological polar surface area (TPSA) is 29.3 Å². The van der Waals surface area contributed by atoms with Crippen molar-refractivity contribution in [2.45, 2.75) is 43.8 Å². The number of alkyl halides is 1. The fourth-order valence-electron chi connectivity index (χ4n) is 2.64. The minimum Gasteiger partial charge on any atom is -0.328 e. The summed E-state index contributed by atoms with van der Waals surface area (Å²) in [5.74, 6) is 0. The average Bonchev–Trinajstić information content (AvgIpc) is 2.18. The molecule has 0 aromatic heterocycles. The summed E-state index contributed by atoms with van der Waals surface area (Å²) in [5, 5.41) is 0. The van der Waals surface area contributed by atoms with Crippen molar-refractivity contribution in [1.29, 1.82) is 0 Å². The van der Waals surface area contributed by atoms with Crippen LogP contribution in [-0.4, -0.2) is 36.2 Å². The van der Waals surface area contributed by atoms with E-state index in [9.17, 15) is 4.39 Å². The molecule has 0 saturated carbocycles. The number of nitrogens with zero attached hydrogens (tertiary/aromatic N) is 1. The summed E-state index contributed by atoms with van der Waals surface area (Å²) in [6.07, 6.45) is 5.04. The fraction of sp³-hybridized carbons (Fsp3) is 1.00. The van der Waals surface area contributed by atoms with E-state index in [2.05, 4.69) is 4.90 Å². The van der Waals surface area contributed by atoms with E-state index in [0.717, 1.165) is 6.54 Å². The minimum atomic E-state index is -1.06. The maximum atomic E-state index is 13.9. The first kappa shape index (κ1) is 9.41. The molecular weight excluding hydrogens is 167 g/mol. The lowest BCUT2D eigenvalue weighted by molar-refractivity contribution is 0.00633. The Balaban J connectivity index is 1.98. The zero-order chi connectivity index (χ0) is 9.31. The summed E-state index contributed by atoms with van der Waals surface area (Å²) >= 11 is 0. The third-order valence-electron chi connectivity index (χ3n) is 3.56. The van der Waals surface area contributed by atoms with E-state index in [1.807, 2.05) is 0 Å². The molecule has 2 aliphatic rings. The van der Waals surface area contributed by atoms with Crippen LogP contribution in [0.5, 0.6) is 0 Å². The quantitative estimate of drug-likeness (QED) is 0.669. The molecule has 2 rings (SSSR count). The number of fused-ring (bicyclic) bond motifs is 1. The first-order chi connectivity index (χ1) is 6.23. The Hall–Kier alpha value is -0.150. The molecule has 0 amide bonds. The highest BCUT2D eigenvalue weighted by Crippen LogP contribution is 2.33. The van der Waals surface area contributed by atoms with Gasteiger partial charge in [-0.25, -0.2) is 4.39 Å². The average molecular weight is 186 g/mol. The Kier molecular flexibility index (Phi) is 2.56. The third-order valence-corrected chi connectivity index (χ3v) is 3.56. The summed E-state index contributed by atoms with van der Waals surface area (Å²) in [6.45, 7) is 2.29. The van der Waals surface area contributed by atoms with Gasteiger partial charge in [0.25, 0.3) is 0 Å². The van der Waals surface area contributed by atoms with Crippen LogP contribution in [0.3, 0.4) is 0 Å². The summed E-state index contributed by atoms with van der Waals surface area (Å²) in [4.78, 5) is 2.44. The molecule has 2 fully saturated rings. The minimum absolute atomic E-state index is 0.206. The van der Waals surface area contributed by atoms with Crippen molar-refractivity contribution in [2.75, 3.05) is 19.6 Å². The summed E-state index contributed by atoms with van der Waals surface area (Å²) in [6, 6.07) is 0.482. The predicted molar refractivity (Wildman–Crippen MR) is 51.3 cm³/mol. The fourth-order valence-corrected chi connectivity index (χ4v) is 2.64. The Morgan fingerprint density at radius 1 is 1.38 bits per heavy atom. The molecule has 2 N–H and O–H groups in total. The first-order valence-corrected chi connectivity index (χ1v) is 5.37. The highest BCUT2D eigenvalue weighted by molar-refractivity contribution is 4.94. The highest BCUT2D eigenvalue weighted by atomic mass is 19.1. The monoisotopic (exact) mass is 186 g/mol. The Morgan fingerprint density at radius 3 is 3.00 bits per heavy atom. The number of hydrogen-bond donors (Lipinski definition) is 1. The van der Waals surface area contributed by atoms with Gasteiger partial charge >= 0.3 is 0 Å². The second kappa shape index (κ2) is 3.54. The van der Waals surface area contributed by atoms with Crippen molar-refractivity contribution >= 4 is 0 Å². The maximum Gasteiger partial charge on any atom is 0.125 e. The normalized spacial score (nSPS) is 41.5. The van der Waals surface area contributed by atoms with Crippen molar-refractivity contribution in [3.8, 4) is 0 Å². The highest BCUT2D eigenvalue weighted by Gasteiger charge is 2.39. The van der Waals surface area contributed by atoms with Gasteiger partial charge < -0.3 is 10.6 Å². The van der Waals surface area contributed by atoms with E-state index >= 15 is 0 Å². The van der Waals surface area contributed by atoms with Gasteiger partial charge in [-0.1, -0.05) is 6.42 Å². The lowest BCUT2D eigenvalue weighted by Gasteiger charge is -2.44. The van der Waals surface area contributed by atoms with E-state index in [1.54, 1.807) is 0 Å². The van der Waals surface area contributed by atoms with Gasteiger partial charge in [0.05, 0.1) is 0 Å². The molecule has 2 heterocycles. The Labute approximate surface area is 79.3 Å². The second-order valence-corrected chi connectivity index (χ2v) is 4.49. The lowest BCUT2D eigenvalue weighted by atomic mass is 9.84. The number of rotatable bonds is 1. The van der Waals surface area contributed by atoms with E-state index < -0.39 is 5.67 Å². The standard InChI is InChI=1S/C10H19FN2/c11-10(8-12)4-6-13-5-2-1-3-9(13)7-10/h9H,1-8,12H2. The molecule has 0 aromatic carbocycles. The van der Waals surface area contributed by atoms with Crippen molar-refractivity contribution in [1.82, 2.24) is 4.90 Å². The van der Waals surface area contributed by atoms with Gasteiger partial charge in [-0.15, -0.1) is 0 Å². The zero-order valence-electron chi connectivity index (χ0n) is 8.14. The van der Waals surface area contributed by atoms with Crippen LogP contribution >= 0.6 is 0 Å². The molecule has 2 aliphatic heterocycles.